The second-order valence-corrected chi connectivity index (χ2v) is 4.33. The van der Waals surface area contributed by atoms with Crippen molar-refractivity contribution in [1.29, 1.82) is 0 Å². The van der Waals surface area contributed by atoms with Crippen molar-refractivity contribution >= 4 is 5.57 Å². The molecule has 0 saturated carbocycles. The molecule has 0 amide bonds. The van der Waals surface area contributed by atoms with Crippen molar-refractivity contribution in [3.63, 3.8) is 0 Å². The first kappa shape index (κ1) is 11.3. The Morgan fingerprint density at radius 1 is 1.31 bits per heavy atom. The lowest BCUT2D eigenvalue weighted by Crippen LogP contribution is -2.32. The summed E-state index contributed by atoms with van der Waals surface area (Å²) in [5.41, 5.74) is 2.50. The first-order chi connectivity index (χ1) is 7.79. The normalized spacial score (nSPS) is 20.6. The molecule has 1 aliphatic heterocycles. The predicted octanol–water partition coefficient (Wildman–Crippen LogP) is 3.37. The molecular weight excluding hydrogens is 201 g/mol. The van der Waals surface area contributed by atoms with Crippen molar-refractivity contribution in [3.8, 4) is 0 Å². The smallest absolute Gasteiger partial charge is 0.123 e. The Bertz CT molecular complexity index is 367. The highest BCUT2D eigenvalue weighted by molar-refractivity contribution is 5.66. The zero-order valence-electron chi connectivity index (χ0n) is 9.67. The third kappa shape index (κ3) is 2.70. The maximum atomic E-state index is 12.8. The van der Waals surface area contributed by atoms with Crippen LogP contribution in [0.5, 0.6) is 0 Å². The van der Waals surface area contributed by atoms with E-state index in [9.17, 15) is 4.39 Å². The summed E-state index contributed by atoms with van der Waals surface area (Å²) in [6.07, 6.45) is 5.67. The third-order valence-corrected chi connectivity index (χ3v) is 3.07. The molecule has 0 aliphatic carbocycles. The van der Waals surface area contributed by atoms with Crippen molar-refractivity contribution in [2.75, 3.05) is 6.54 Å². The van der Waals surface area contributed by atoms with Crippen molar-refractivity contribution < 1.29 is 4.39 Å². The molecule has 1 N–H and O–H groups in total. The molecule has 1 aliphatic rings. The SMILES string of the molecule is CCCC1CC(c2ccc(F)cc2)=CCN1. The number of halogens is 1. The molecule has 2 rings (SSSR count). The summed E-state index contributed by atoms with van der Waals surface area (Å²) in [5, 5.41) is 3.48. The Labute approximate surface area is 96.4 Å². The van der Waals surface area contributed by atoms with Gasteiger partial charge in [0.05, 0.1) is 0 Å². The van der Waals surface area contributed by atoms with Crippen LogP contribution in [0.15, 0.2) is 30.3 Å². The van der Waals surface area contributed by atoms with Crippen LogP contribution in [0.2, 0.25) is 0 Å². The molecule has 86 valence electrons. The minimum Gasteiger partial charge on any atom is -0.310 e. The summed E-state index contributed by atoms with van der Waals surface area (Å²) in [6.45, 7) is 3.13. The van der Waals surface area contributed by atoms with Gasteiger partial charge in [-0.1, -0.05) is 31.6 Å². The monoisotopic (exact) mass is 219 g/mol. The lowest BCUT2D eigenvalue weighted by molar-refractivity contribution is 0.495. The second-order valence-electron chi connectivity index (χ2n) is 4.33. The lowest BCUT2D eigenvalue weighted by atomic mass is 9.93. The maximum Gasteiger partial charge on any atom is 0.123 e. The van der Waals surface area contributed by atoms with E-state index in [-0.39, 0.29) is 5.82 Å². The highest BCUT2D eigenvalue weighted by Crippen LogP contribution is 2.24. The van der Waals surface area contributed by atoms with Gasteiger partial charge in [-0.25, -0.2) is 4.39 Å². The minimum atomic E-state index is -0.164. The number of rotatable bonds is 3. The van der Waals surface area contributed by atoms with Crippen LogP contribution in [0.3, 0.4) is 0 Å². The van der Waals surface area contributed by atoms with Gasteiger partial charge in [0.25, 0.3) is 0 Å². The Hall–Kier alpha value is -1.15. The summed E-state index contributed by atoms with van der Waals surface area (Å²) in [4.78, 5) is 0. The van der Waals surface area contributed by atoms with Crippen molar-refractivity contribution in [3.05, 3.63) is 41.7 Å². The van der Waals surface area contributed by atoms with Gasteiger partial charge in [-0.15, -0.1) is 0 Å². The highest BCUT2D eigenvalue weighted by Gasteiger charge is 2.14. The van der Waals surface area contributed by atoms with Crippen molar-refractivity contribution in [1.82, 2.24) is 5.32 Å². The summed E-state index contributed by atoms with van der Waals surface area (Å²) in [7, 11) is 0. The Morgan fingerprint density at radius 2 is 2.06 bits per heavy atom. The van der Waals surface area contributed by atoms with Crippen LogP contribution in [0.1, 0.15) is 31.7 Å². The van der Waals surface area contributed by atoms with E-state index in [0.717, 1.165) is 18.5 Å². The van der Waals surface area contributed by atoms with E-state index in [2.05, 4.69) is 18.3 Å². The van der Waals surface area contributed by atoms with Gasteiger partial charge in [-0.3, -0.25) is 0 Å². The fourth-order valence-corrected chi connectivity index (χ4v) is 2.22. The predicted molar refractivity (Wildman–Crippen MR) is 65.7 cm³/mol. The largest absolute Gasteiger partial charge is 0.310 e. The van der Waals surface area contributed by atoms with Crippen LogP contribution in [0, 0.1) is 5.82 Å². The molecular formula is C14H18FN. The summed E-state index contributed by atoms with van der Waals surface area (Å²) < 4.78 is 12.8. The summed E-state index contributed by atoms with van der Waals surface area (Å²) >= 11 is 0. The van der Waals surface area contributed by atoms with Crippen LogP contribution in [-0.4, -0.2) is 12.6 Å². The van der Waals surface area contributed by atoms with E-state index in [0.29, 0.717) is 6.04 Å². The van der Waals surface area contributed by atoms with Gasteiger partial charge in [0, 0.05) is 12.6 Å². The fraction of sp³-hybridized carbons (Fsp3) is 0.429. The van der Waals surface area contributed by atoms with E-state index >= 15 is 0 Å². The first-order valence-corrected chi connectivity index (χ1v) is 5.98. The molecule has 1 unspecified atom stereocenters. The average molecular weight is 219 g/mol. The van der Waals surface area contributed by atoms with Gasteiger partial charge in [0.1, 0.15) is 5.82 Å². The zero-order chi connectivity index (χ0) is 11.4. The minimum absolute atomic E-state index is 0.164. The van der Waals surface area contributed by atoms with Gasteiger partial charge in [0.15, 0.2) is 0 Å². The van der Waals surface area contributed by atoms with Crippen molar-refractivity contribution in [2.24, 2.45) is 0 Å². The molecule has 1 heterocycles. The maximum absolute atomic E-state index is 12.8. The molecule has 1 atom stereocenters. The third-order valence-electron chi connectivity index (χ3n) is 3.07. The first-order valence-electron chi connectivity index (χ1n) is 5.98. The molecule has 1 aromatic carbocycles. The molecule has 0 aromatic heterocycles. The van der Waals surface area contributed by atoms with Gasteiger partial charge in [-0.05, 0) is 36.1 Å². The Morgan fingerprint density at radius 3 is 2.75 bits per heavy atom. The summed E-state index contributed by atoms with van der Waals surface area (Å²) in [5.74, 6) is -0.164. The molecule has 0 saturated heterocycles. The van der Waals surface area contributed by atoms with Crippen molar-refractivity contribution in [2.45, 2.75) is 32.2 Å². The molecule has 0 radical (unpaired) electrons. The molecule has 2 heteroatoms. The van der Waals surface area contributed by atoms with Crippen LogP contribution in [0.4, 0.5) is 4.39 Å². The average Bonchev–Trinajstić information content (AvgIpc) is 2.31. The van der Waals surface area contributed by atoms with Crippen LogP contribution in [-0.2, 0) is 0 Å². The number of hydrogen-bond acceptors (Lipinski definition) is 1. The molecule has 16 heavy (non-hydrogen) atoms. The summed E-state index contributed by atoms with van der Waals surface area (Å²) in [6, 6.07) is 7.39. The molecule has 1 nitrogen and oxygen atoms in total. The molecule has 0 bridgehead atoms. The Balaban J connectivity index is 2.09. The van der Waals surface area contributed by atoms with E-state index in [1.807, 2.05) is 12.1 Å². The number of hydrogen-bond donors (Lipinski definition) is 1. The second kappa shape index (κ2) is 5.26. The van der Waals surface area contributed by atoms with Gasteiger partial charge in [-0.2, -0.15) is 0 Å². The molecule has 0 fully saturated rings. The Kier molecular flexibility index (Phi) is 3.73. The molecule has 0 spiro atoms. The van der Waals surface area contributed by atoms with E-state index in [1.54, 1.807) is 0 Å². The lowest BCUT2D eigenvalue weighted by Gasteiger charge is -2.24. The van der Waals surface area contributed by atoms with Crippen LogP contribution < -0.4 is 5.32 Å². The fourth-order valence-electron chi connectivity index (χ4n) is 2.22. The van der Waals surface area contributed by atoms with E-state index < -0.39 is 0 Å². The number of benzene rings is 1. The van der Waals surface area contributed by atoms with Crippen LogP contribution >= 0.6 is 0 Å². The van der Waals surface area contributed by atoms with Gasteiger partial charge < -0.3 is 5.32 Å². The highest BCUT2D eigenvalue weighted by atomic mass is 19.1. The van der Waals surface area contributed by atoms with Gasteiger partial charge >= 0.3 is 0 Å². The van der Waals surface area contributed by atoms with Crippen LogP contribution in [0.25, 0.3) is 5.57 Å². The van der Waals surface area contributed by atoms with E-state index in [4.69, 9.17) is 0 Å². The van der Waals surface area contributed by atoms with Gasteiger partial charge in [0.2, 0.25) is 0 Å². The zero-order valence-corrected chi connectivity index (χ0v) is 9.67. The standard InChI is InChI=1S/C14H18FN/c1-2-3-14-10-12(8-9-16-14)11-4-6-13(15)7-5-11/h4-8,14,16H,2-3,9-10H2,1H3. The number of nitrogens with one attached hydrogen (secondary N) is 1. The topological polar surface area (TPSA) is 12.0 Å². The molecule has 1 aromatic rings. The van der Waals surface area contributed by atoms with E-state index in [1.165, 1.54) is 30.5 Å². The quantitative estimate of drug-likeness (QED) is 0.821.